The molecule has 1 unspecified atom stereocenters. The number of carbonyl (C=O) groups excluding carboxylic acids is 2. The fraction of sp³-hybridized carbons (Fsp3) is 0.500. The summed E-state index contributed by atoms with van der Waals surface area (Å²) < 4.78 is 4.79. The van der Waals surface area contributed by atoms with E-state index in [9.17, 15) is 9.59 Å². The van der Waals surface area contributed by atoms with Crippen molar-refractivity contribution >= 4 is 40.8 Å². The first-order valence-corrected chi connectivity index (χ1v) is 6.07. The average Bonchev–Trinajstić information content (AvgIpc) is 2.65. The highest BCUT2D eigenvalue weighted by atomic mass is 35.5. The second-order valence-electron chi connectivity index (χ2n) is 3.40. The van der Waals surface area contributed by atoms with E-state index in [4.69, 9.17) is 10.5 Å². The molecule has 18 heavy (non-hydrogen) atoms. The van der Waals surface area contributed by atoms with Gasteiger partial charge >= 0.3 is 5.97 Å². The first kappa shape index (κ1) is 16.8. The van der Waals surface area contributed by atoms with E-state index in [0.717, 1.165) is 0 Å². The highest BCUT2D eigenvalue weighted by Gasteiger charge is 2.12. The number of hydrogen-bond donors (Lipinski definition) is 2. The second kappa shape index (κ2) is 8.02. The highest BCUT2D eigenvalue weighted by molar-refractivity contribution is 7.13. The van der Waals surface area contributed by atoms with Crippen molar-refractivity contribution in [3.05, 3.63) is 11.1 Å². The lowest BCUT2D eigenvalue weighted by atomic mass is 10.3. The lowest BCUT2D eigenvalue weighted by Gasteiger charge is -2.03. The number of hydrogen-bond acceptors (Lipinski definition) is 6. The lowest BCUT2D eigenvalue weighted by Crippen LogP contribution is -2.32. The molecule has 0 aliphatic carbocycles. The number of carbonyl (C=O) groups is 2. The van der Waals surface area contributed by atoms with Crippen LogP contribution >= 0.6 is 23.7 Å². The monoisotopic (exact) mass is 293 g/mol. The fourth-order valence-corrected chi connectivity index (χ4v) is 1.74. The van der Waals surface area contributed by atoms with E-state index in [0.29, 0.717) is 17.4 Å². The van der Waals surface area contributed by atoms with Crippen LogP contribution in [0.3, 0.4) is 0 Å². The van der Waals surface area contributed by atoms with Crippen molar-refractivity contribution in [3.8, 4) is 0 Å². The van der Waals surface area contributed by atoms with Crippen molar-refractivity contribution < 1.29 is 14.3 Å². The van der Waals surface area contributed by atoms with Gasteiger partial charge in [0.1, 0.15) is 0 Å². The van der Waals surface area contributed by atoms with E-state index >= 15 is 0 Å². The Hall–Kier alpha value is -1.18. The third kappa shape index (κ3) is 5.44. The van der Waals surface area contributed by atoms with Crippen molar-refractivity contribution in [2.75, 3.05) is 11.9 Å². The number of ether oxygens (including phenoxy) is 1. The third-order valence-corrected chi connectivity index (χ3v) is 2.63. The molecule has 0 saturated carbocycles. The Balaban J connectivity index is 0.00000289. The maximum Gasteiger partial charge on any atom is 0.311 e. The molecular formula is C10H16ClN3O3S. The Morgan fingerprint density at radius 1 is 1.61 bits per heavy atom. The van der Waals surface area contributed by atoms with E-state index in [1.54, 1.807) is 19.2 Å². The molecule has 0 spiro atoms. The summed E-state index contributed by atoms with van der Waals surface area (Å²) in [7, 11) is 0. The molecule has 0 aliphatic rings. The number of halogens is 1. The molecule has 102 valence electrons. The summed E-state index contributed by atoms with van der Waals surface area (Å²) in [6, 6.07) is -0.590. The van der Waals surface area contributed by atoms with Crippen LogP contribution in [0, 0.1) is 0 Å². The summed E-state index contributed by atoms with van der Waals surface area (Å²) in [4.78, 5) is 26.6. The zero-order valence-electron chi connectivity index (χ0n) is 10.1. The molecule has 8 heteroatoms. The molecular weight excluding hydrogens is 278 g/mol. The van der Waals surface area contributed by atoms with Crippen LogP contribution < -0.4 is 11.1 Å². The summed E-state index contributed by atoms with van der Waals surface area (Å²) in [6.07, 6.45) is 0.110. The van der Waals surface area contributed by atoms with Gasteiger partial charge in [0.15, 0.2) is 5.13 Å². The van der Waals surface area contributed by atoms with Crippen molar-refractivity contribution in [1.82, 2.24) is 4.98 Å². The SMILES string of the molecule is CCOC(=O)Cc1csc(NC(=O)C(C)N)n1.Cl. The molecule has 1 aromatic heterocycles. The van der Waals surface area contributed by atoms with Gasteiger partial charge in [-0.3, -0.25) is 9.59 Å². The van der Waals surface area contributed by atoms with Crippen LogP contribution in [0.4, 0.5) is 5.13 Å². The average molecular weight is 294 g/mol. The van der Waals surface area contributed by atoms with Gasteiger partial charge in [0, 0.05) is 5.38 Å². The highest BCUT2D eigenvalue weighted by Crippen LogP contribution is 2.16. The van der Waals surface area contributed by atoms with Crippen LogP contribution in [0.5, 0.6) is 0 Å². The van der Waals surface area contributed by atoms with Crippen LogP contribution in [0.15, 0.2) is 5.38 Å². The van der Waals surface area contributed by atoms with E-state index in [2.05, 4.69) is 10.3 Å². The minimum absolute atomic E-state index is 0. The van der Waals surface area contributed by atoms with Crippen LogP contribution in [0.2, 0.25) is 0 Å². The van der Waals surface area contributed by atoms with Crippen molar-refractivity contribution in [2.45, 2.75) is 26.3 Å². The van der Waals surface area contributed by atoms with Crippen LogP contribution in [0.1, 0.15) is 19.5 Å². The van der Waals surface area contributed by atoms with Gasteiger partial charge in [-0.25, -0.2) is 4.98 Å². The van der Waals surface area contributed by atoms with Gasteiger partial charge in [0.05, 0.1) is 24.8 Å². The molecule has 0 aromatic carbocycles. The summed E-state index contributed by atoms with van der Waals surface area (Å²) in [5.74, 6) is -0.634. The van der Waals surface area contributed by atoms with Crippen molar-refractivity contribution in [3.63, 3.8) is 0 Å². The maximum absolute atomic E-state index is 11.3. The lowest BCUT2D eigenvalue weighted by molar-refractivity contribution is -0.142. The van der Waals surface area contributed by atoms with Crippen LogP contribution in [-0.4, -0.2) is 29.5 Å². The second-order valence-corrected chi connectivity index (χ2v) is 4.26. The summed E-state index contributed by atoms with van der Waals surface area (Å²) >= 11 is 1.25. The molecule has 1 heterocycles. The number of rotatable bonds is 5. The first-order chi connectivity index (χ1) is 8.02. The van der Waals surface area contributed by atoms with Gasteiger partial charge < -0.3 is 15.8 Å². The quantitative estimate of drug-likeness (QED) is 0.789. The molecule has 0 fully saturated rings. The summed E-state index contributed by atoms with van der Waals surface area (Å²) in [5, 5.41) is 4.70. The number of nitrogens with two attached hydrogens (primary N) is 1. The normalized spacial score (nSPS) is 11.3. The standard InChI is InChI=1S/C10H15N3O3S.ClH/c1-3-16-8(14)4-7-5-17-10(12-7)13-9(15)6(2)11;/h5-6H,3-4,11H2,1-2H3,(H,12,13,15);1H. The largest absolute Gasteiger partial charge is 0.466 e. The Morgan fingerprint density at radius 2 is 2.28 bits per heavy atom. The number of nitrogens with one attached hydrogen (secondary N) is 1. The number of amides is 1. The Labute approximate surface area is 115 Å². The number of thiazole rings is 1. The van der Waals surface area contributed by atoms with Crippen molar-refractivity contribution in [2.24, 2.45) is 5.73 Å². The fourth-order valence-electron chi connectivity index (χ4n) is 1.02. The summed E-state index contributed by atoms with van der Waals surface area (Å²) in [6.45, 7) is 3.67. The van der Waals surface area contributed by atoms with Gasteiger partial charge in [0.2, 0.25) is 5.91 Å². The van der Waals surface area contributed by atoms with Gasteiger partial charge in [-0.05, 0) is 13.8 Å². The first-order valence-electron chi connectivity index (χ1n) is 5.19. The molecule has 3 N–H and O–H groups in total. The predicted molar refractivity (Wildman–Crippen MR) is 72.0 cm³/mol. The van der Waals surface area contributed by atoms with Crippen molar-refractivity contribution in [1.29, 1.82) is 0 Å². The smallest absolute Gasteiger partial charge is 0.311 e. The zero-order valence-corrected chi connectivity index (χ0v) is 11.8. The van der Waals surface area contributed by atoms with Gasteiger partial charge in [-0.15, -0.1) is 23.7 Å². The Bertz CT molecular complexity index is 409. The molecule has 1 atom stereocenters. The molecule has 0 aliphatic heterocycles. The number of nitrogens with zero attached hydrogens (tertiary/aromatic N) is 1. The molecule has 1 aromatic rings. The minimum atomic E-state index is -0.590. The predicted octanol–water partition coefficient (Wildman–Crippen LogP) is 0.956. The van der Waals surface area contributed by atoms with Gasteiger partial charge in [0.25, 0.3) is 0 Å². The topological polar surface area (TPSA) is 94.3 Å². The molecule has 0 radical (unpaired) electrons. The van der Waals surface area contributed by atoms with Gasteiger partial charge in [-0.2, -0.15) is 0 Å². The van der Waals surface area contributed by atoms with E-state index < -0.39 is 6.04 Å². The van der Waals surface area contributed by atoms with E-state index in [-0.39, 0.29) is 30.7 Å². The van der Waals surface area contributed by atoms with Crippen LogP contribution in [-0.2, 0) is 20.7 Å². The molecule has 1 rings (SSSR count). The minimum Gasteiger partial charge on any atom is -0.466 e. The zero-order chi connectivity index (χ0) is 12.8. The van der Waals surface area contributed by atoms with Crippen LogP contribution in [0.25, 0.3) is 0 Å². The Kier molecular flexibility index (Phi) is 7.49. The van der Waals surface area contributed by atoms with Gasteiger partial charge in [-0.1, -0.05) is 0 Å². The Morgan fingerprint density at radius 3 is 2.83 bits per heavy atom. The summed E-state index contributed by atoms with van der Waals surface area (Å²) in [5.41, 5.74) is 5.98. The molecule has 1 amide bonds. The third-order valence-electron chi connectivity index (χ3n) is 1.83. The van der Waals surface area contributed by atoms with E-state index in [1.807, 2.05) is 0 Å². The molecule has 6 nitrogen and oxygen atoms in total. The number of aromatic nitrogens is 1. The number of anilines is 1. The molecule has 0 bridgehead atoms. The maximum atomic E-state index is 11.3. The molecule has 0 saturated heterocycles. The van der Waals surface area contributed by atoms with E-state index in [1.165, 1.54) is 11.3 Å². The number of esters is 1.